The van der Waals surface area contributed by atoms with E-state index < -0.39 is 0 Å². The van der Waals surface area contributed by atoms with Gasteiger partial charge in [-0.15, -0.1) is 0 Å². The van der Waals surface area contributed by atoms with Crippen molar-refractivity contribution in [1.29, 1.82) is 0 Å². The molecule has 8 nitrogen and oxygen atoms in total. The summed E-state index contributed by atoms with van der Waals surface area (Å²) in [5, 5.41) is 10.9. The molecule has 1 aliphatic rings. The number of carbonyl (C=O) groups excluding carboxylic acids is 2. The summed E-state index contributed by atoms with van der Waals surface area (Å²) in [4.78, 5) is 29.0. The van der Waals surface area contributed by atoms with Crippen LogP contribution in [-0.4, -0.2) is 63.1 Å². The van der Waals surface area contributed by atoms with Crippen molar-refractivity contribution < 1.29 is 14.1 Å². The number of rotatable bonds is 4. The standard InChI is InChI=1S/C18H25N5O3/c1-4-6-14-11-15(20-19-14)17(24)22-7-5-8-23(10-9-22)18(25)16-12(2)21-26-13(16)3/h11H,4-10H2,1-3H3,(H,19,20). The van der Waals surface area contributed by atoms with Gasteiger partial charge in [-0.2, -0.15) is 5.10 Å². The molecule has 8 heteroatoms. The van der Waals surface area contributed by atoms with Crippen molar-refractivity contribution in [3.8, 4) is 0 Å². The van der Waals surface area contributed by atoms with Crippen LogP contribution in [0.3, 0.4) is 0 Å². The number of nitrogens with one attached hydrogen (secondary N) is 1. The normalized spacial score (nSPS) is 15.2. The molecule has 2 aromatic heterocycles. The molecule has 1 saturated heterocycles. The molecule has 140 valence electrons. The summed E-state index contributed by atoms with van der Waals surface area (Å²) in [6, 6.07) is 1.82. The van der Waals surface area contributed by atoms with Crippen LogP contribution < -0.4 is 0 Å². The van der Waals surface area contributed by atoms with Crippen LogP contribution in [0.4, 0.5) is 0 Å². The van der Waals surface area contributed by atoms with Crippen LogP contribution in [0.15, 0.2) is 10.6 Å². The van der Waals surface area contributed by atoms with Gasteiger partial charge in [0.25, 0.3) is 11.8 Å². The number of carbonyl (C=O) groups is 2. The molecular weight excluding hydrogens is 334 g/mol. The Balaban J connectivity index is 1.66. The summed E-state index contributed by atoms with van der Waals surface area (Å²) < 4.78 is 5.10. The number of aromatic nitrogens is 3. The third-order valence-corrected chi connectivity index (χ3v) is 4.69. The number of hydrogen-bond acceptors (Lipinski definition) is 5. The Hall–Kier alpha value is -2.64. The molecule has 0 aliphatic carbocycles. The molecule has 3 heterocycles. The Morgan fingerprint density at radius 3 is 2.46 bits per heavy atom. The highest BCUT2D eigenvalue weighted by Gasteiger charge is 2.27. The van der Waals surface area contributed by atoms with Crippen molar-refractivity contribution in [2.24, 2.45) is 0 Å². The van der Waals surface area contributed by atoms with Gasteiger partial charge in [-0.05, 0) is 32.8 Å². The molecule has 1 fully saturated rings. The number of aryl methyl sites for hydroxylation is 3. The molecule has 3 rings (SSSR count). The van der Waals surface area contributed by atoms with Gasteiger partial charge in [-0.3, -0.25) is 14.7 Å². The fraction of sp³-hybridized carbons (Fsp3) is 0.556. The van der Waals surface area contributed by atoms with Crippen LogP contribution in [0.25, 0.3) is 0 Å². The molecule has 0 bridgehead atoms. The molecule has 1 aliphatic heterocycles. The third-order valence-electron chi connectivity index (χ3n) is 4.69. The van der Waals surface area contributed by atoms with Crippen LogP contribution in [0.1, 0.15) is 57.8 Å². The van der Waals surface area contributed by atoms with Crippen molar-refractivity contribution in [2.75, 3.05) is 26.2 Å². The zero-order valence-corrected chi connectivity index (χ0v) is 15.5. The van der Waals surface area contributed by atoms with Crippen molar-refractivity contribution in [1.82, 2.24) is 25.2 Å². The number of H-pyrrole nitrogens is 1. The average Bonchev–Trinajstić information content (AvgIpc) is 3.12. The van der Waals surface area contributed by atoms with Crippen molar-refractivity contribution in [3.05, 3.63) is 34.5 Å². The highest BCUT2D eigenvalue weighted by molar-refractivity contribution is 5.96. The third kappa shape index (κ3) is 3.63. The second kappa shape index (κ2) is 7.72. The van der Waals surface area contributed by atoms with E-state index in [4.69, 9.17) is 4.52 Å². The highest BCUT2D eigenvalue weighted by atomic mass is 16.5. The predicted molar refractivity (Wildman–Crippen MR) is 95.0 cm³/mol. The molecule has 0 unspecified atom stereocenters. The van der Waals surface area contributed by atoms with Gasteiger partial charge in [-0.1, -0.05) is 18.5 Å². The zero-order valence-electron chi connectivity index (χ0n) is 15.5. The fourth-order valence-electron chi connectivity index (χ4n) is 3.30. The number of hydrogen-bond donors (Lipinski definition) is 1. The Bertz CT molecular complexity index is 775. The van der Waals surface area contributed by atoms with E-state index in [1.165, 1.54) is 0 Å². The molecule has 0 atom stereocenters. The molecule has 26 heavy (non-hydrogen) atoms. The van der Waals surface area contributed by atoms with Crippen LogP contribution in [0.5, 0.6) is 0 Å². The molecule has 0 radical (unpaired) electrons. The van der Waals surface area contributed by atoms with E-state index in [0.29, 0.717) is 48.9 Å². The first kappa shape index (κ1) is 18.2. The number of aromatic amines is 1. The summed E-state index contributed by atoms with van der Waals surface area (Å²) in [7, 11) is 0. The minimum atomic E-state index is -0.0877. The molecule has 1 N–H and O–H groups in total. The van der Waals surface area contributed by atoms with Gasteiger partial charge in [0.1, 0.15) is 17.0 Å². The van der Waals surface area contributed by atoms with E-state index in [2.05, 4.69) is 22.3 Å². The van der Waals surface area contributed by atoms with Gasteiger partial charge < -0.3 is 14.3 Å². The summed E-state index contributed by atoms with van der Waals surface area (Å²) in [5.41, 5.74) is 2.55. The van der Waals surface area contributed by atoms with Gasteiger partial charge >= 0.3 is 0 Å². The lowest BCUT2D eigenvalue weighted by molar-refractivity contribution is 0.0714. The summed E-state index contributed by atoms with van der Waals surface area (Å²) >= 11 is 0. The van der Waals surface area contributed by atoms with Gasteiger partial charge in [0.15, 0.2) is 0 Å². The lowest BCUT2D eigenvalue weighted by Gasteiger charge is -2.21. The topological polar surface area (TPSA) is 95.3 Å². The summed E-state index contributed by atoms with van der Waals surface area (Å²) in [5.74, 6) is 0.362. The fourth-order valence-corrected chi connectivity index (χ4v) is 3.30. The average molecular weight is 359 g/mol. The minimum Gasteiger partial charge on any atom is -0.361 e. The molecule has 2 amide bonds. The Labute approximate surface area is 152 Å². The van der Waals surface area contributed by atoms with Gasteiger partial charge in [-0.25, -0.2) is 0 Å². The maximum absolute atomic E-state index is 12.8. The highest BCUT2D eigenvalue weighted by Crippen LogP contribution is 2.17. The van der Waals surface area contributed by atoms with Crippen LogP contribution in [0.2, 0.25) is 0 Å². The Morgan fingerprint density at radius 2 is 1.85 bits per heavy atom. The van der Waals surface area contributed by atoms with Gasteiger partial charge in [0.05, 0.1) is 5.69 Å². The molecule has 0 saturated carbocycles. The summed E-state index contributed by atoms with van der Waals surface area (Å²) in [6.07, 6.45) is 2.60. The zero-order chi connectivity index (χ0) is 18.7. The maximum atomic E-state index is 12.8. The first-order valence-electron chi connectivity index (χ1n) is 9.07. The monoisotopic (exact) mass is 359 g/mol. The summed E-state index contributed by atoms with van der Waals surface area (Å²) in [6.45, 7) is 7.79. The Morgan fingerprint density at radius 1 is 1.15 bits per heavy atom. The predicted octanol–water partition coefficient (Wildman–Crippen LogP) is 1.96. The van der Waals surface area contributed by atoms with Gasteiger partial charge in [0.2, 0.25) is 0 Å². The molecule has 0 spiro atoms. The smallest absolute Gasteiger partial charge is 0.274 e. The second-order valence-corrected chi connectivity index (χ2v) is 6.67. The van der Waals surface area contributed by atoms with E-state index in [1.807, 2.05) is 6.07 Å². The van der Waals surface area contributed by atoms with E-state index >= 15 is 0 Å². The van der Waals surface area contributed by atoms with Crippen molar-refractivity contribution >= 4 is 11.8 Å². The SMILES string of the molecule is CCCc1cc(C(=O)N2CCCN(C(=O)c3c(C)noc3C)CC2)n[nH]1. The van der Waals surface area contributed by atoms with Crippen molar-refractivity contribution in [3.63, 3.8) is 0 Å². The van der Waals surface area contributed by atoms with E-state index in [-0.39, 0.29) is 11.8 Å². The number of amides is 2. The minimum absolute atomic E-state index is 0.0828. The number of nitrogens with zero attached hydrogens (tertiary/aromatic N) is 4. The molecular formula is C18H25N5O3. The first-order chi connectivity index (χ1) is 12.5. The van der Waals surface area contributed by atoms with Crippen LogP contribution >= 0.6 is 0 Å². The van der Waals surface area contributed by atoms with E-state index in [0.717, 1.165) is 25.0 Å². The van der Waals surface area contributed by atoms with Crippen LogP contribution in [-0.2, 0) is 6.42 Å². The first-order valence-corrected chi connectivity index (χ1v) is 9.07. The largest absolute Gasteiger partial charge is 0.361 e. The molecule has 2 aromatic rings. The van der Waals surface area contributed by atoms with Gasteiger partial charge in [0, 0.05) is 31.9 Å². The maximum Gasteiger partial charge on any atom is 0.274 e. The van der Waals surface area contributed by atoms with E-state index in [1.54, 1.807) is 23.6 Å². The second-order valence-electron chi connectivity index (χ2n) is 6.67. The lowest BCUT2D eigenvalue weighted by Crippen LogP contribution is -2.37. The lowest BCUT2D eigenvalue weighted by atomic mass is 10.1. The Kier molecular flexibility index (Phi) is 5.39. The van der Waals surface area contributed by atoms with Crippen LogP contribution in [0, 0.1) is 13.8 Å². The van der Waals surface area contributed by atoms with Crippen molar-refractivity contribution in [2.45, 2.75) is 40.0 Å². The quantitative estimate of drug-likeness (QED) is 0.900. The molecule has 0 aromatic carbocycles. The van der Waals surface area contributed by atoms with E-state index in [9.17, 15) is 9.59 Å².